The Hall–Kier alpha value is -1.06. The van der Waals surface area contributed by atoms with Crippen LogP contribution in [0.5, 0.6) is 0 Å². The molecule has 0 aromatic rings. The number of hydrogen-bond donors (Lipinski definition) is 0. The fraction of sp³-hybridized carbons (Fsp3) is 0.951. The third kappa shape index (κ3) is 11.8. The van der Waals surface area contributed by atoms with Gasteiger partial charge in [-0.05, 0) is 142 Å². The van der Waals surface area contributed by atoms with E-state index >= 15 is 0 Å². The topological polar surface area (TPSA) is 52.6 Å². The molecule has 6 unspecified atom stereocenters. The van der Waals surface area contributed by atoms with Crippen molar-refractivity contribution in [2.75, 3.05) is 14.2 Å². The molecular weight excluding hydrogens is 556 g/mol. The molecule has 4 saturated carbocycles. The largest absolute Gasteiger partial charge is 0.469 e. The lowest BCUT2D eigenvalue weighted by Gasteiger charge is -2.23. The summed E-state index contributed by atoms with van der Waals surface area (Å²) in [4.78, 5) is 23.4. The fourth-order valence-corrected chi connectivity index (χ4v) is 10.8. The predicted molar refractivity (Wildman–Crippen MR) is 186 cm³/mol. The molecule has 0 N–H and O–H groups in total. The minimum atomic E-state index is -0.0139. The number of ether oxygens (including phenoxy) is 2. The van der Waals surface area contributed by atoms with Crippen molar-refractivity contribution in [2.45, 2.75) is 168 Å². The molecule has 0 radical (unpaired) electrons. The third-order valence-corrected chi connectivity index (χ3v) is 14.0. The van der Waals surface area contributed by atoms with Gasteiger partial charge < -0.3 is 9.47 Å². The van der Waals surface area contributed by atoms with E-state index in [0.717, 1.165) is 53.3 Å². The van der Waals surface area contributed by atoms with Crippen LogP contribution in [0.1, 0.15) is 168 Å². The van der Waals surface area contributed by atoms with E-state index in [1.807, 2.05) is 0 Å². The van der Waals surface area contributed by atoms with Gasteiger partial charge in [0.25, 0.3) is 0 Å². The first-order valence-electron chi connectivity index (χ1n) is 19.9. The van der Waals surface area contributed by atoms with E-state index in [-0.39, 0.29) is 11.9 Å². The minimum absolute atomic E-state index is 0.0137. The highest BCUT2D eigenvalue weighted by Gasteiger charge is 2.38. The first-order valence-corrected chi connectivity index (χ1v) is 19.9. The van der Waals surface area contributed by atoms with Crippen LogP contribution < -0.4 is 0 Å². The summed E-state index contributed by atoms with van der Waals surface area (Å²) >= 11 is 0. The summed E-state index contributed by atoms with van der Waals surface area (Å²) in [5, 5.41) is 0. The van der Waals surface area contributed by atoms with E-state index in [0.29, 0.717) is 24.7 Å². The highest BCUT2D eigenvalue weighted by molar-refractivity contribution is 5.69. The molecule has 0 aliphatic heterocycles. The van der Waals surface area contributed by atoms with E-state index in [4.69, 9.17) is 9.47 Å². The Bertz CT molecular complexity index is 870. The zero-order valence-electron chi connectivity index (χ0n) is 30.2. The average molecular weight is 629 g/mol. The van der Waals surface area contributed by atoms with Gasteiger partial charge in [0.2, 0.25) is 0 Å². The first kappa shape index (κ1) is 36.8. The van der Waals surface area contributed by atoms with Gasteiger partial charge in [0.15, 0.2) is 0 Å². The highest BCUT2D eigenvalue weighted by Crippen LogP contribution is 2.49. The Kier molecular flexibility index (Phi) is 15.6. The second kappa shape index (κ2) is 19.1. The molecule has 0 saturated heterocycles. The highest BCUT2D eigenvalue weighted by atomic mass is 16.5. The molecule has 0 aromatic carbocycles. The molecule has 0 amide bonds. The van der Waals surface area contributed by atoms with E-state index in [9.17, 15) is 9.59 Å². The molecule has 4 rings (SSSR count). The van der Waals surface area contributed by atoms with Gasteiger partial charge in [0.1, 0.15) is 0 Å². The Morgan fingerprint density at radius 2 is 0.911 bits per heavy atom. The van der Waals surface area contributed by atoms with Crippen LogP contribution in [-0.4, -0.2) is 26.2 Å². The lowest BCUT2D eigenvalue weighted by atomic mass is 9.83. The number of unbranched alkanes of at least 4 members (excludes halogenated alkanes) is 3. The summed E-state index contributed by atoms with van der Waals surface area (Å²) in [5.41, 5.74) is 0. The molecule has 4 aliphatic carbocycles. The monoisotopic (exact) mass is 629 g/mol. The molecule has 0 bridgehead atoms. The van der Waals surface area contributed by atoms with E-state index in [1.165, 1.54) is 149 Å². The normalized spacial score (nSPS) is 33.7. The predicted octanol–water partition coefficient (Wildman–Crippen LogP) is 11.2. The smallest absolute Gasteiger partial charge is 0.305 e. The number of esters is 2. The van der Waals surface area contributed by atoms with Crippen LogP contribution in [-0.2, 0) is 19.1 Å². The molecule has 0 spiro atoms. The average Bonchev–Trinajstić information content (AvgIpc) is 3.85. The summed E-state index contributed by atoms with van der Waals surface area (Å²) in [6.07, 6.45) is 30.4. The second-order valence-corrected chi connectivity index (χ2v) is 17.1. The molecule has 0 aromatic heterocycles. The van der Waals surface area contributed by atoms with Gasteiger partial charge in [-0.3, -0.25) is 9.59 Å². The summed E-state index contributed by atoms with van der Waals surface area (Å²) < 4.78 is 9.83. The number of methoxy groups -OCH3 is 2. The van der Waals surface area contributed by atoms with Crippen molar-refractivity contribution >= 4 is 11.9 Å². The molecule has 4 nitrogen and oxygen atoms in total. The van der Waals surface area contributed by atoms with Gasteiger partial charge in [0, 0.05) is 12.8 Å². The Morgan fingerprint density at radius 1 is 0.511 bits per heavy atom. The van der Waals surface area contributed by atoms with Crippen LogP contribution in [0.2, 0.25) is 0 Å². The maximum absolute atomic E-state index is 11.7. The van der Waals surface area contributed by atoms with Crippen LogP contribution in [0.3, 0.4) is 0 Å². The Morgan fingerprint density at radius 3 is 1.40 bits per heavy atom. The molecule has 4 fully saturated rings. The van der Waals surface area contributed by atoms with Crippen LogP contribution in [0.25, 0.3) is 0 Å². The van der Waals surface area contributed by atoms with Gasteiger partial charge in [-0.15, -0.1) is 0 Å². The summed E-state index contributed by atoms with van der Waals surface area (Å²) in [6.45, 7) is 7.58. The van der Waals surface area contributed by atoms with Crippen molar-refractivity contribution in [1.82, 2.24) is 0 Å². The van der Waals surface area contributed by atoms with Crippen LogP contribution in [0.4, 0.5) is 0 Å². The van der Waals surface area contributed by atoms with Gasteiger partial charge in [0.05, 0.1) is 14.2 Å². The molecule has 0 heterocycles. The number of rotatable bonds is 19. The fourth-order valence-electron chi connectivity index (χ4n) is 10.8. The van der Waals surface area contributed by atoms with Gasteiger partial charge in [-0.25, -0.2) is 0 Å². The van der Waals surface area contributed by atoms with Crippen molar-refractivity contribution in [2.24, 2.45) is 65.1 Å². The minimum Gasteiger partial charge on any atom is -0.469 e. The zero-order chi connectivity index (χ0) is 32.2. The van der Waals surface area contributed by atoms with E-state index in [2.05, 4.69) is 20.8 Å². The second-order valence-electron chi connectivity index (χ2n) is 17.1. The number of carbonyl (C=O) groups excluding carboxylic acids is 2. The summed E-state index contributed by atoms with van der Waals surface area (Å²) in [5.74, 6) is 9.24. The standard InChI is InChI=1S/C41H72O4/c1-29(12-10-14-31(3)35-20-22-39(28-35)37-18-16-33(24-37)26-41(43)45-5)11-8-6-7-9-13-30(2)34-19-21-38(27-34)36-17-15-32(23-36)25-40(42)44-4/h29-39H,6-28H2,1-5H3/t29-,30-,31-,32?,33?,34?,35?,36+,37?,38?,39+/m1/s1. The summed E-state index contributed by atoms with van der Waals surface area (Å²) in [7, 11) is 3.05. The van der Waals surface area contributed by atoms with Crippen molar-refractivity contribution in [1.29, 1.82) is 0 Å². The SMILES string of the molecule is COC(=O)CC1CCC([C@H]2CCC([C@H](C)CCC[C@H](C)CCCCCC[C@@H](C)C3CCC([C@H]4CCC(CC(=O)OC)C4)C3)C2)C1. The van der Waals surface area contributed by atoms with Gasteiger partial charge >= 0.3 is 11.9 Å². The van der Waals surface area contributed by atoms with Crippen LogP contribution >= 0.6 is 0 Å². The quantitative estimate of drug-likeness (QED) is 0.105. The molecule has 4 aliphatic rings. The van der Waals surface area contributed by atoms with Crippen molar-refractivity contribution < 1.29 is 19.1 Å². The molecule has 4 heteroatoms. The van der Waals surface area contributed by atoms with Crippen molar-refractivity contribution in [3.8, 4) is 0 Å². The maximum atomic E-state index is 11.7. The lowest BCUT2D eigenvalue weighted by molar-refractivity contribution is -0.142. The Labute approximate surface area is 278 Å². The first-order chi connectivity index (χ1) is 21.7. The Balaban J connectivity index is 0.977. The summed E-state index contributed by atoms with van der Waals surface area (Å²) in [6, 6.07) is 0. The lowest BCUT2D eigenvalue weighted by Crippen LogP contribution is -2.13. The van der Waals surface area contributed by atoms with E-state index < -0.39 is 0 Å². The maximum Gasteiger partial charge on any atom is 0.305 e. The van der Waals surface area contributed by atoms with Gasteiger partial charge in [-0.2, -0.15) is 0 Å². The number of carbonyl (C=O) groups is 2. The van der Waals surface area contributed by atoms with Crippen molar-refractivity contribution in [3.63, 3.8) is 0 Å². The third-order valence-electron chi connectivity index (χ3n) is 14.0. The van der Waals surface area contributed by atoms with Crippen LogP contribution in [0, 0.1) is 65.1 Å². The van der Waals surface area contributed by atoms with Crippen molar-refractivity contribution in [3.05, 3.63) is 0 Å². The molecule has 45 heavy (non-hydrogen) atoms. The zero-order valence-corrected chi connectivity index (χ0v) is 30.2. The van der Waals surface area contributed by atoms with Crippen LogP contribution in [0.15, 0.2) is 0 Å². The molecular formula is C41H72O4. The number of hydrogen-bond acceptors (Lipinski definition) is 4. The molecule has 11 atom stereocenters. The van der Waals surface area contributed by atoms with E-state index in [1.54, 1.807) is 0 Å². The van der Waals surface area contributed by atoms with Gasteiger partial charge in [-0.1, -0.05) is 78.6 Å². The molecule has 260 valence electrons.